The van der Waals surface area contributed by atoms with Gasteiger partial charge in [0.2, 0.25) is 0 Å². The van der Waals surface area contributed by atoms with Crippen molar-refractivity contribution in [2.24, 2.45) is 5.10 Å². The molecule has 0 bridgehead atoms. The first-order chi connectivity index (χ1) is 15.8. The second-order valence-corrected chi connectivity index (χ2v) is 8.94. The number of nitrogens with one attached hydrogen (secondary N) is 2. The predicted octanol–water partition coefficient (Wildman–Crippen LogP) is 4.27. The number of fused-ring (bicyclic) bond motifs is 1. The van der Waals surface area contributed by atoms with Gasteiger partial charge in [0.1, 0.15) is 18.9 Å². The fourth-order valence-electron chi connectivity index (χ4n) is 2.97. The smallest absolute Gasteiger partial charge is 0.295 e. The molecule has 1 aliphatic rings. The van der Waals surface area contributed by atoms with E-state index in [0.29, 0.717) is 35.3 Å². The average molecular weight is 489 g/mol. The monoisotopic (exact) mass is 488 g/mol. The number of nitrogens with zero attached hydrogens (tertiary/aromatic N) is 2. The number of ether oxygens (including phenoxy) is 2. The third-order valence-electron chi connectivity index (χ3n) is 4.54. The Morgan fingerprint density at radius 3 is 2.45 bits per heavy atom. The van der Waals surface area contributed by atoms with Crippen molar-refractivity contribution in [1.29, 1.82) is 0 Å². The van der Waals surface area contributed by atoms with Gasteiger partial charge in [-0.25, -0.2) is 8.42 Å². The highest BCUT2D eigenvalue weighted by Gasteiger charge is 2.21. The van der Waals surface area contributed by atoms with Gasteiger partial charge in [-0.05, 0) is 60.2 Å². The number of nitro benzene ring substituents is 1. The molecule has 4 rings (SSSR count). The molecule has 12 heteroatoms. The fraction of sp³-hybridized carbons (Fsp3) is 0.0952. The van der Waals surface area contributed by atoms with Gasteiger partial charge in [-0.2, -0.15) is 5.10 Å². The molecule has 1 aliphatic heterocycles. The van der Waals surface area contributed by atoms with Crippen LogP contribution in [0.5, 0.6) is 11.5 Å². The number of sulfonamides is 1. The van der Waals surface area contributed by atoms with Crippen molar-refractivity contribution in [3.05, 3.63) is 81.4 Å². The zero-order valence-electron chi connectivity index (χ0n) is 16.9. The van der Waals surface area contributed by atoms with E-state index in [1.807, 2.05) is 0 Å². The van der Waals surface area contributed by atoms with Crippen LogP contribution in [0.3, 0.4) is 0 Å². The van der Waals surface area contributed by atoms with E-state index in [9.17, 15) is 18.5 Å². The van der Waals surface area contributed by atoms with Gasteiger partial charge in [0, 0.05) is 16.8 Å². The van der Waals surface area contributed by atoms with Crippen LogP contribution in [0.25, 0.3) is 0 Å². The Hall–Kier alpha value is -3.83. The number of hydrazone groups is 1. The summed E-state index contributed by atoms with van der Waals surface area (Å²) in [5.41, 5.74) is 3.11. The largest absolute Gasteiger partial charge is 0.486 e. The summed E-state index contributed by atoms with van der Waals surface area (Å²) in [5, 5.41) is 16.0. The van der Waals surface area contributed by atoms with Gasteiger partial charge in [0.05, 0.1) is 16.0 Å². The van der Waals surface area contributed by atoms with Gasteiger partial charge in [0.25, 0.3) is 15.7 Å². The maximum absolute atomic E-state index is 12.7. The Morgan fingerprint density at radius 1 is 1.00 bits per heavy atom. The predicted molar refractivity (Wildman–Crippen MR) is 124 cm³/mol. The molecular formula is C21H17ClN4O6S. The quantitative estimate of drug-likeness (QED) is 0.288. The summed E-state index contributed by atoms with van der Waals surface area (Å²) in [6, 6.07) is 14.7. The second-order valence-electron chi connectivity index (χ2n) is 6.82. The number of anilines is 2. The van der Waals surface area contributed by atoms with E-state index in [-0.39, 0.29) is 16.3 Å². The van der Waals surface area contributed by atoms with E-state index in [1.165, 1.54) is 42.6 Å². The average Bonchev–Trinajstić information content (AvgIpc) is 2.80. The minimum atomic E-state index is -4.06. The van der Waals surface area contributed by atoms with E-state index < -0.39 is 20.6 Å². The molecule has 0 radical (unpaired) electrons. The first-order valence-corrected chi connectivity index (χ1v) is 11.4. The molecule has 0 spiro atoms. The van der Waals surface area contributed by atoms with Gasteiger partial charge in [-0.1, -0.05) is 11.6 Å². The molecular weight excluding hydrogens is 472 g/mol. The number of rotatable bonds is 7. The van der Waals surface area contributed by atoms with Crippen molar-refractivity contribution in [1.82, 2.24) is 0 Å². The molecule has 2 N–H and O–H groups in total. The lowest BCUT2D eigenvalue weighted by atomic mass is 10.2. The van der Waals surface area contributed by atoms with Crippen LogP contribution in [0, 0.1) is 10.1 Å². The summed E-state index contributed by atoms with van der Waals surface area (Å²) < 4.78 is 38.6. The highest BCUT2D eigenvalue weighted by molar-refractivity contribution is 7.92. The lowest BCUT2D eigenvalue weighted by Crippen LogP contribution is -2.15. The standard InChI is InChI=1S/C21H17ClN4O6S/c22-15-2-4-16(5-3-15)25-33(29,30)17-6-7-18(19(12-17)26(27)28)24-23-13-14-1-8-20-21(11-14)32-10-9-31-20/h1-8,11-13,24-25H,9-10H2. The molecule has 10 nitrogen and oxygen atoms in total. The zero-order valence-corrected chi connectivity index (χ0v) is 18.5. The van der Waals surface area contributed by atoms with E-state index in [1.54, 1.807) is 18.2 Å². The second kappa shape index (κ2) is 9.35. The number of benzene rings is 3. The summed E-state index contributed by atoms with van der Waals surface area (Å²) in [6.07, 6.45) is 1.45. The lowest BCUT2D eigenvalue weighted by molar-refractivity contribution is -0.384. The SMILES string of the molecule is O=[N+]([O-])c1cc(S(=O)(=O)Nc2ccc(Cl)cc2)ccc1NN=Cc1ccc2c(c1)OCCO2. The van der Waals surface area contributed by atoms with E-state index >= 15 is 0 Å². The van der Waals surface area contributed by atoms with Gasteiger partial charge in [-0.3, -0.25) is 20.3 Å². The first-order valence-electron chi connectivity index (χ1n) is 9.57. The van der Waals surface area contributed by atoms with Gasteiger partial charge >= 0.3 is 0 Å². The Balaban J connectivity index is 1.53. The Bertz CT molecular complexity index is 1330. The molecule has 0 saturated heterocycles. The summed E-state index contributed by atoms with van der Waals surface area (Å²) in [4.78, 5) is 10.6. The van der Waals surface area contributed by atoms with Crippen molar-refractivity contribution in [3.8, 4) is 11.5 Å². The van der Waals surface area contributed by atoms with Gasteiger partial charge in [-0.15, -0.1) is 0 Å². The summed E-state index contributed by atoms with van der Waals surface area (Å²) in [6.45, 7) is 0.923. The molecule has 0 atom stereocenters. The van der Waals surface area contributed by atoms with Crippen LogP contribution >= 0.6 is 11.6 Å². The molecule has 3 aromatic carbocycles. The van der Waals surface area contributed by atoms with Crippen LogP contribution in [0.15, 0.2) is 70.7 Å². The van der Waals surface area contributed by atoms with Crippen molar-refractivity contribution in [2.45, 2.75) is 4.90 Å². The molecule has 0 aliphatic carbocycles. The number of hydrogen-bond donors (Lipinski definition) is 2. The third kappa shape index (κ3) is 5.33. The van der Waals surface area contributed by atoms with Crippen LogP contribution < -0.4 is 19.6 Å². The summed E-state index contributed by atoms with van der Waals surface area (Å²) in [7, 11) is -4.06. The van der Waals surface area contributed by atoms with Crippen molar-refractivity contribution >= 4 is 44.9 Å². The number of hydrogen-bond acceptors (Lipinski definition) is 8. The third-order valence-corrected chi connectivity index (χ3v) is 6.17. The first kappa shape index (κ1) is 22.4. The van der Waals surface area contributed by atoms with Crippen LogP contribution in [0.4, 0.5) is 17.1 Å². The Labute approximate surface area is 194 Å². The summed E-state index contributed by atoms with van der Waals surface area (Å²) >= 11 is 5.80. The molecule has 1 heterocycles. The Morgan fingerprint density at radius 2 is 1.73 bits per heavy atom. The maximum atomic E-state index is 12.7. The highest BCUT2D eigenvalue weighted by Crippen LogP contribution is 2.31. The van der Waals surface area contributed by atoms with Gasteiger partial charge < -0.3 is 9.47 Å². The molecule has 33 heavy (non-hydrogen) atoms. The topological polar surface area (TPSA) is 132 Å². The normalized spacial score (nSPS) is 13.0. The van der Waals surface area contributed by atoms with Crippen LogP contribution in [-0.4, -0.2) is 32.8 Å². The number of nitro groups is 1. The van der Waals surface area contributed by atoms with Crippen molar-refractivity contribution < 1.29 is 22.8 Å². The fourth-order valence-corrected chi connectivity index (χ4v) is 4.18. The van der Waals surface area contributed by atoms with E-state index in [2.05, 4.69) is 15.2 Å². The molecule has 0 fully saturated rings. The molecule has 170 valence electrons. The molecule has 0 unspecified atom stereocenters. The maximum Gasteiger partial charge on any atom is 0.295 e. The highest BCUT2D eigenvalue weighted by atomic mass is 35.5. The van der Waals surface area contributed by atoms with E-state index in [0.717, 1.165) is 6.07 Å². The molecule has 0 saturated carbocycles. The lowest BCUT2D eigenvalue weighted by Gasteiger charge is -2.18. The van der Waals surface area contributed by atoms with Gasteiger partial charge in [0.15, 0.2) is 11.5 Å². The minimum Gasteiger partial charge on any atom is -0.486 e. The summed E-state index contributed by atoms with van der Waals surface area (Å²) in [5.74, 6) is 1.21. The van der Waals surface area contributed by atoms with Crippen molar-refractivity contribution in [3.63, 3.8) is 0 Å². The molecule has 0 amide bonds. The molecule has 3 aromatic rings. The van der Waals surface area contributed by atoms with E-state index in [4.69, 9.17) is 21.1 Å². The van der Waals surface area contributed by atoms with Crippen LogP contribution in [-0.2, 0) is 10.0 Å². The molecule has 0 aromatic heterocycles. The Kier molecular flexibility index (Phi) is 6.33. The number of halogens is 1. The van der Waals surface area contributed by atoms with Crippen molar-refractivity contribution in [2.75, 3.05) is 23.4 Å². The zero-order chi connectivity index (χ0) is 23.4. The van der Waals surface area contributed by atoms with Crippen LogP contribution in [0.1, 0.15) is 5.56 Å². The minimum absolute atomic E-state index is 0.0271. The van der Waals surface area contributed by atoms with Crippen LogP contribution in [0.2, 0.25) is 5.02 Å².